The summed E-state index contributed by atoms with van der Waals surface area (Å²) in [6.45, 7) is 3.97. The van der Waals surface area contributed by atoms with Crippen molar-refractivity contribution in [3.05, 3.63) is 35.5 Å². The highest BCUT2D eigenvalue weighted by Gasteiger charge is 2.08. The predicted molar refractivity (Wildman–Crippen MR) is 75.8 cm³/mol. The number of nitrogens with zero attached hydrogens (tertiary/aromatic N) is 1. The molecule has 2 rings (SSSR count). The van der Waals surface area contributed by atoms with Crippen molar-refractivity contribution in [1.82, 2.24) is 4.57 Å². The Balaban J connectivity index is 2.39. The summed E-state index contributed by atoms with van der Waals surface area (Å²) in [4.78, 5) is 0. The van der Waals surface area contributed by atoms with E-state index in [0.717, 1.165) is 32.4 Å². The molecule has 0 spiro atoms. The fourth-order valence-electron chi connectivity index (χ4n) is 2.40. The predicted octanol–water partition coefficient (Wildman–Crippen LogP) is 2.22. The zero-order valence-corrected chi connectivity index (χ0v) is 11.0. The lowest BCUT2D eigenvalue weighted by molar-refractivity contribution is 0.280. The third-order valence-corrected chi connectivity index (χ3v) is 3.33. The Labute approximate surface area is 108 Å². The number of aliphatic hydroxyl groups excluding tert-OH is 1. The van der Waals surface area contributed by atoms with E-state index in [2.05, 4.69) is 35.9 Å². The quantitative estimate of drug-likeness (QED) is 0.821. The topological polar surface area (TPSA) is 51.2 Å². The van der Waals surface area contributed by atoms with E-state index < -0.39 is 0 Å². The van der Waals surface area contributed by atoms with E-state index >= 15 is 0 Å². The number of aliphatic hydroxyl groups is 1. The van der Waals surface area contributed by atoms with Crippen molar-refractivity contribution in [1.29, 1.82) is 0 Å². The van der Waals surface area contributed by atoms with E-state index in [9.17, 15) is 0 Å². The standard InChI is InChI=1S/C15H22N2O/c1-12-5-6-15-14(10-12)13(4-2-7-16)11-17(15)8-3-9-18/h5-6,10-11,18H,2-4,7-9,16H2,1H3. The molecule has 3 N–H and O–H groups in total. The van der Waals surface area contributed by atoms with Crippen molar-refractivity contribution in [3.8, 4) is 0 Å². The third kappa shape index (κ3) is 2.74. The van der Waals surface area contributed by atoms with Crippen LogP contribution in [-0.2, 0) is 13.0 Å². The van der Waals surface area contributed by atoms with E-state index in [1.807, 2.05) is 0 Å². The molecule has 0 aliphatic carbocycles. The molecular weight excluding hydrogens is 224 g/mol. The average molecular weight is 246 g/mol. The number of nitrogens with two attached hydrogens (primary N) is 1. The van der Waals surface area contributed by atoms with Gasteiger partial charge in [0.25, 0.3) is 0 Å². The Hall–Kier alpha value is -1.32. The number of aromatic nitrogens is 1. The summed E-state index contributed by atoms with van der Waals surface area (Å²) in [6.07, 6.45) is 5.07. The summed E-state index contributed by atoms with van der Waals surface area (Å²) in [7, 11) is 0. The molecule has 0 amide bonds. The summed E-state index contributed by atoms with van der Waals surface area (Å²) in [5.41, 5.74) is 9.52. The van der Waals surface area contributed by atoms with E-state index in [-0.39, 0.29) is 6.61 Å². The zero-order valence-electron chi connectivity index (χ0n) is 11.0. The summed E-state index contributed by atoms with van der Waals surface area (Å²) in [5.74, 6) is 0. The lowest BCUT2D eigenvalue weighted by Crippen LogP contribution is -2.00. The summed E-state index contributed by atoms with van der Waals surface area (Å²) < 4.78 is 2.25. The van der Waals surface area contributed by atoms with Crippen LogP contribution >= 0.6 is 0 Å². The van der Waals surface area contributed by atoms with Gasteiger partial charge in [0.05, 0.1) is 0 Å². The SMILES string of the molecule is Cc1ccc2c(c1)c(CCCN)cn2CCCO. The molecular formula is C15H22N2O. The molecule has 1 aromatic heterocycles. The first-order chi connectivity index (χ1) is 8.76. The summed E-state index contributed by atoms with van der Waals surface area (Å²) in [5, 5.41) is 10.3. The van der Waals surface area contributed by atoms with Gasteiger partial charge >= 0.3 is 0 Å². The number of hydrogen-bond acceptors (Lipinski definition) is 2. The number of rotatable bonds is 6. The summed E-state index contributed by atoms with van der Waals surface area (Å²) in [6, 6.07) is 6.56. The highest BCUT2D eigenvalue weighted by atomic mass is 16.3. The second kappa shape index (κ2) is 6.03. The number of hydrogen-bond donors (Lipinski definition) is 2. The van der Waals surface area contributed by atoms with Crippen LogP contribution in [0.2, 0.25) is 0 Å². The van der Waals surface area contributed by atoms with Crippen LogP contribution in [0.1, 0.15) is 24.0 Å². The smallest absolute Gasteiger partial charge is 0.0483 e. The van der Waals surface area contributed by atoms with Gasteiger partial charge in [-0.3, -0.25) is 0 Å². The van der Waals surface area contributed by atoms with E-state index in [1.165, 1.54) is 22.0 Å². The lowest BCUT2D eigenvalue weighted by Gasteiger charge is -2.03. The normalized spacial score (nSPS) is 11.3. The fraction of sp³-hybridized carbons (Fsp3) is 0.467. The van der Waals surface area contributed by atoms with E-state index in [1.54, 1.807) is 0 Å². The minimum absolute atomic E-state index is 0.240. The largest absolute Gasteiger partial charge is 0.396 e. The molecule has 18 heavy (non-hydrogen) atoms. The minimum atomic E-state index is 0.240. The van der Waals surface area contributed by atoms with Crippen LogP contribution in [0.4, 0.5) is 0 Å². The molecule has 0 fully saturated rings. The average Bonchev–Trinajstić information content (AvgIpc) is 2.71. The van der Waals surface area contributed by atoms with Gasteiger partial charge in [0.2, 0.25) is 0 Å². The first-order valence-electron chi connectivity index (χ1n) is 6.65. The van der Waals surface area contributed by atoms with Crippen LogP contribution in [0.15, 0.2) is 24.4 Å². The molecule has 3 nitrogen and oxygen atoms in total. The molecule has 1 heterocycles. The van der Waals surface area contributed by atoms with Crippen LogP contribution in [0.3, 0.4) is 0 Å². The van der Waals surface area contributed by atoms with Gasteiger partial charge in [-0.15, -0.1) is 0 Å². The molecule has 2 aromatic rings. The Morgan fingerprint density at radius 2 is 2.11 bits per heavy atom. The number of aryl methyl sites for hydroxylation is 3. The molecule has 0 saturated heterocycles. The van der Waals surface area contributed by atoms with E-state index in [0.29, 0.717) is 0 Å². The van der Waals surface area contributed by atoms with Crippen molar-refractivity contribution in [2.75, 3.05) is 13.2 Å². The maximum atomic E-state index is 8.96. The molecule has 0 unspecified atom stereocenters. The first-order valence-corrected chi connectivity index (χ1v) is 6.65. The Kier molecular flexibility index (Phi) is 4.39. The van der Waals surface area contributed by atoms with Crippen LogP contribution in [0.25, 0.3) is 10.9 Å². The van der Waals surface area contributed by atoms with Gasteiger partial charge in [-0.05, 0) is 50.4 Å². The highest BCUT2D eigenvalue weighted by Crippen LogP contribution is 2.24. The van der Waals surface area contributed by atoms with Crippen molar-refractivity contribution in [2.24, 2.45) is 5.73 Å². The van der Waals surface area contributed by atoms with Crippen LogP contribution in [-0.4, -0.2) is 22.8 Å². The van der Waals surface area contributed by atoms with E-state index in [4.69, 9.17) is 10.8 Å². The zero-order chi connectivity index (χ0) is 13.0. The Morgan fingerprint density at radius 3 is 2.83 bits per heavy atom. The van der Waals surface area contributed by atoms with Crippen molar-refractivity contribution in [2.45, 2.75) is 32.7 Å². The molecule has 0 radical (unpaired) electrons. The molecule has 0 bridgehead atoms. The first kappa shape index (κ1) is 13.1. The second-order valence-electron chi connectivity index (χ2n) is 4.84. The lowest BCUT2D eigenvalue weighted by atomic mass is 10.1. The van der Waals surface area contributed by atoms with Gasteiger partial charge in [-0.25, -0.2) is 0 Å². The fourth-order valence-corrected chi connectivity index (χ4v) is 2.40. The van der Waals surface area contributed by atoms with Crippen molar-refractivity contribution >= 4 is 10.9 Å². The molecule has 0 saturated carbocycles. The van der Waals surface area contributed by atoms with Crippen LogP contribution in [0.5, 0.6) is 0 Å². The Morgan fingerprint density at radius 1 is 1.28 bits per heavy atom. The van der Waals surface area contributed by atoms with Gasteiger partial charge in [-0.1, -0.05) is 11.6 Å². The van der Waals surface area contributed by atoms with Crippen LogP contribution in [0, 0.1) is 6.92 Å². The maximum absolute atomic E-state index is 8.96. The van der Waals surface area contributed by atoms with Gasteiger partial charge in [-0.2, -0.15) is 0 Å². The maximum Gasteiger partial charge on any atom is 0.0483 e. The Bertz CT molecular complexity index is 516. The third-order valence-electron chi connectivity index (χ3n) is 3.33. The molecule has 1 aromatic carbocycles. The van der Waals surface area contributed by atoms with Gasteiger partial charge < -0.3 is 15.4 Å². The highest BCUT2D eigenvalue weighted by molar-refractivity contribution is 5.84. The monoisotopic (exact) mass is 246 g/mol. The molecule has 3 heteroatoms. The van der Waals surface area contributed by atoms with Crippen LogP contribution < -0.4 is 5.73 Å². The number of fused-ring (bicyclic) bond motifs is 1. The number of benzene rings is 1. The van der Waals surface area contributed by atoms with Crippen molar-refractivity contribution in [3.63, 3.8) is 0 Å². The molecule has 0 aliphatic rings. The molecule has 0 aliphatic heterocycles. The summed E-state index contributed by atoms with van der Waals surface area (Å²) >= 11 is 0. The second-order valence-corrected chi connectivity index (χ2v) is 4.84. The minimum Gasteiger partial charge on any atom is -0.396 e. The van der Waals surface area contributed by atoms with Gasteiger partial charge in [0.1, 0.15) is 0 Å². The molecule has 98 valence electrons. The molecule has 0 atom stereocenters. The van der Waals surface area contributed by atoms with Gasteiger partial charge in [0, 0.05) is 30.3 Å². The van der Waals surface area contributed by atoms with Gasteiger partial charge in [0.15, 0.2) is 0 Å². The van der Waals surface area contributed by atoms with Crippen molar-refractivity contribution < 1.29 is 5.11 Å².